The van der Waals surface area contributed by atoms with Crippen molar-refractivity contribution in [2.24, 2.45) is 11.3 Å². The number of amides is 4. The molecule has 1 aliphatic carbocycles. The van der Waals surface area contributed by atoms with Gasteiger partial charge in [-0.15, -0.1) is 0 Å². The summed E-state index contributed by atoms with van der Waals surface area (Å²) in [6.07, 6.45) is 3.03. The Kier molecular flexibility index (Phi) is 8.66. The van der Waals surface area contributed by atoms with E-state index in [4.69, 9.17) is 0 Å². The summed E-state index contributed by atoms with van der Waals surface area (Å²) in [5, 5.41) is 18.2. The fraction of sp³-hybridized carbons (Fsp3) is 0.485. The number of carbonyl (C=O) groups excluding carboxylic acids is 4. The standard InChI is InChI=1S/C33H36F3N5O4/c1-32(2,3)15-26(30(44)41-17-33(14-20(41)16-37)21-6-4-5-7-24(21)40-31(33)45)39-29(43)25(11-10-18-8-9-18)38-28(42)19-12-22(34)27(36)23(35)13-19/h4-7,12-13,18,20,25-26H,8-11,14-15,17H2,1-3H3,(H,38,42)(H,39,43)(H,40,45)/t20-,25-,26-,33-/m0/s1. The quantitative estimate of drug-likeness (QED) is 0.358. The number of nitrogens with one attached hydrogen (secondary N) is 3. The van der Waals surface area contributed by atoms with Gasteiger partial charge < -0.3 is 20.9 Å². The number of para-hydroxylation sites is 1. The summed E-state index contributed by atoms with van der Waals surface area (Å²) >= 11 is 0. The molecule has 1 saturated carbocycles. The zero-order valence-corrected chi connectivity index (χ0v) is 25.4. The average molecular weight is 624 g/mol. The van der Waals surface area contributed by atoms with Crippen molar-refractivity contribution >= 4 is 29.3 Å². The van der Waals surface area contributed by atoms with Gasteiger partial charge in [-0.2, -0.15) is 5.26 Å². The number of halogens is 3. The van der Waals surface area contributed by atoms with Gasteiger partial charge >= 0.3 is 0 Å². The molecule has 3 N–H and O–H groups in total. The molecule has 1 spiro atoms. The number of hydrogen-bond acceptors (Lipinski definition) is 5. The maximum absolute atomic E-state index is 14.2. The lowest BCUT2D eigenvalue weighted by Gasteiger charge is -2.32. The normalized spacial score (nSPS) is 21.9. The van der Waals surface area contributed by atoms with Crippen molar-refractivity contribution in [2.45, 2.75) is 82.8 Å². The van der Waals surface area contributed by atoms with Gasteiger partial charge in [0.1, 0.15) is 18.1 Å². The molecule has 4 atom stereocenters. The van der Waals surface area contributed by atoms with E-state index in [1.54, 1.807) is 24.3 Å². The second-order valence-electron chi connectivity index (χ2n) is 13.5. The lowest BCUT2D eigenvalue weighted by molar-refractivity contribution is -0.138. The first-order valence-corrected chi connectivity index (χ1v) is 15.1. The van der Waals surface area contributed by atoms with Crippen LogP contribution in [0, 0.1) is 40.1 Å². The van der Waals surface area contributed by atoms with Crippen LogP contribution in [-0.2, 0) is 19.8 Å². The summed E-state index contributed by atoms with van der Waals surface area (Å²) in [5.41, 5.74) is -0.724. The summed E-state index contributed by atoms with van der Waals surface area (Å²) in [6.45, 7) is 5.61. The molecule has 12 heteroatoms. The van der Waals surface area contributed by atoms with Crippen LogP contribution in [0.2, 0.25) is 0 Å². The molecule has 4 amide bonds. The molecule has 2 fully saturated rings. The maximum Gasteiger partial charge on any atom is 0.252 e. The van der Waals surface area contributed by atoms with E-state index < -0.39 is 69.7 Å². The third-order valence-electron chi connectivity index (χ3n) is 8.78. The smallest absolute Gasteiger partial charge is 0.252 e. The fourth-order valence-corrected chi connectivity index (χ4v) is 6.28. The summed E-state index contributed by atoms with van der Waals surface area (Å²) < 4.78 is 41.2. The SMILES string of the molecule is CC(C)(C)C[C@H](NC(=O)[C@H](CCC1CC1)NC(=O)c1cc(F)c(F)c(F)c1)C(=O)N1C[C@]2(C[C@H]1C#N)C(=O)Nc1ccccc12. The minimum atomic E-state index is -1.71. The highest BCUT2D eigenvalue weighted by atomic mass is 19.2. The number of rotatable bonds is 9. The van der Waals surface area contributed by atoms with E-state index in [1.165, 1.54) is 4.90 Å². The number of nitrogens with zero attached hydrogens (tertiary/aromatic N) is 2. The number of benzene rings is 2. The molecule has 5 rings (SSSR count). The molecule has 1 saturated heterocycles. The third-order valence-corrected chi connectivity index (χ3v) is 8.78. The molecule has 3 aliphatic rings. The molecule has 9 nitrogen and oxygen atoms in total. The number of nitriles is 1. The molecule has 0 unspecified atom stereocenters. The Labute approximate surface area is 259 Å². The summed E-state index contributed by atoms with van der Waals surface area (Å²) in [7, 11) is 0. The van der Waals surface area contributed by atoms with Crippen LogP contribution in [0.3, 0.4) is 0 Å². The number of likely N-dealkylation sites (tertiary alicyclic amines) is 1. The zero-order valence-electron chi connectivity index (χ0n) is 25.4. The van der Waals surface area contributed by atoms with E-state index in [2.05, 4.69) is 22.0 Å². The molecular weight excluding hydrogens is 587 g/mol. The second kappa shape index (κ2) is 12.2. The molecule has 2 aromatic carbocycles. The fourth-order valence-electron chi connectivity index (χ4n) is 6.28. The zero-order chi connectivity index (χ0) is 32.7. The van der Waals surface area contributed by atoms with Crippen molar-refractivity contribution in [3.8, 4) is 6.07 Å². The first-order chi connectivity index (χ1) is 21.2. The monoisotopic (exact) mass is 623 g/mol. The van der Waals surface area contributed by atoms with E-state index in [-0.39, 0.29) is 31.7 Å². The van der Waals surface area contributed by atoms with Gasteiger partial charge in [-0.1, -0.05) is 51.8 Å². The van der Waals surface area contributed by atoms with Crippen LogP contribution in [0.4, 0.5) is 18.9 Å². The van der Waals surface area contributed by atoms with Crippen LogP contribution in [0.5, 0.6) is 0 Å². The van der Waals surface area contributed by atoms with Crippen molar-refractivity contribution in [1.29, 1.82) is 5.26 Å². The van der Waals surface area contributed by atoms with Gasteiger partial charge in [-0.25, -0.2) is 13.2 Å². The Balaban J connectivity index is 1.38. The van der Waals surface area contributed by atoms with Crippen LogP contribution >= 0.6 is 0 Å². The molecule has 2 aliphatic heterocycles. The number of hydrogen-bond donors (Lipinski definition) is 3. The molecule has 0 radical (unpaired) electrons. The van der Waals surface area contributed by atoms with Crippen molar-refractivity contribution < 1.29 is 32.3 Å². The summed E-state index contributed by atoms with van der Waals surface area (Å²) in [5.74, 6) is -6.90. The van der Waals surface area contributed by atoms with Crippen LogP contribution in [0.25, 0.3) is 0 Å². The first-order valence-electron chi connectivity index (χ1n) is 15.1. The highest BCUT2D eigenvalue weighted by molar-refractivity contribution is 6.07. The van der Waals surface area contributed by atoms with Gasteiger partial charge in [0.25, 0.3) is 5.91 Å². The number of carbonyl (C=O) groups is 4. The predicted molar refractivity (Wildman–Crippen MR) is 158 cm³/mol. The highest BCUT2D eigenvalue weighted by Gasteiger charge is 2.56. The third kappa shape index (κ3) is 6.67. The topological polar surface area (TPSA) is 131 Å². The molecule has 0 aromatic heterocycles. The van der Waals surface area contributed by atoms with Gasteiger partial charge in [-0.3, -0.25) is 19.2 Å². The maximum atomic E-state index is 14.2. The van der Waals surface area contributed by atoms with E-state index in [0.717, 1.165) is 12.8 Å². The summed E-state index contributed by atoms with van der Waals surface area (Å²) in [4.78, 5) is 55.4. The van der Waals surface area contributed by atoms with E-state index in [9.17, 15) is 37.6 Å². The first kappa shape index (κ1) is 32.0. The minimum Gasteiger partial charge on any atom is -0.342 e. The van der Waals surface area contributed by atoms with Gasteiger partial charge in [0, 0.05) is 24.2 Å². The predicted octanol–water partition coefficient (Wildman–Crippen LogP) is 4.33. The highest BCUT2D eigenvalue weighted by Crippen LogP contribution is 2.46. The van der Waals surface area contributed by atoms with Crippen LogP contribution in [0.15, 0.2) is 36.4 Å². The van der Waals surface area contributed by atoms with E-state index in [1.807, 2.05) is 20.8 Å². The van der Waals surface area contributed by atoms with Crippen molar-refractivity contribution in [1.82, 2.24) is 15.5 Å². The van der Waals surface area contributed by atoms with Crippen LogP contribution in [0.1, 0.15) is 75.2 Å². The van der Waals surface area contributed by atoms with Gasteiger partial charge in [-0.05, 0) is 54.4 Å². The Hall–Kier alpha value is -4.40. The molecule has 238 valence electrons. The Morgan fingerprint density at radius 1 is 1.09 bits per heavy atom. The minimum absolute atomic E-state index is 0.0487. The lowest BCUT2D eigenvalue weighted by Crippen LogP contribution is -2.56. The van der Waals surface area contributed by atoms with E-state index >= 15 is 0 Å². The Morgan fingerprint density at radius 2 is 1.76 bits per heavy atom. The summed E-state index contributed by atoms with van der Waals surface area (Å²) in [6, 6.07) is 7.21. The van der Waals surface area contributed by atoms with Gasteiger partial charge in [0.2, 0.25) is 17.7 Å². The molecule has 45 heavy (non-hydrogen) atoms. The second-order valence-corrected chi connectivity index (χ2v) is 13.5. The van der Waals surface area contributed by atoms with Crippen molar-refractivity contribution in [2.75, 3.05) is 11.9 Å². The van der Waals surface area contributed by atoms with Crippen LogP contribution < -0.4 is 16.0 Å². The lowest BCUT2D eigenvalue weighted by atomic mass is 9.80. The van der Waals surface area contributed by atoms with E-state index in [0.29, 0.717) is 35.7 Å². The van der Waals surface area contributed by atoms with Crippen molar-refractivity contribution in [3.63, 3.8) is 0 Å². The molecular formula is C33H36F3N5O4. The molecule has 2 aromatic rings. The Bertz CT molecular complexity index is 1560. The van der Waals surface area contributed by atoms with Gasteiger partial charge in [0.05, 0.1) is 11.5 Å². The molecule has 0 bridgehead atoms. The largest absolute Gasteiger partial charge is 0.342 e. The van der Waals surface area contributed by atoms with Crippen molar-refractivity contribution in [3.05, 3.63) is 65.0 Å². The Morgan fingerprint density at radius 3 is 2.38 bits per heavy atom. The molecule has 2 heterocycles. The number of anilines is 1. The average Bonchev–Trinajstić information content (AvgIpc) is 3.67. The van der Waals surface area contributed by atoms with Gasteiger partial charge in [0.15, 0.2) is 17.5 Å². The van der Waals surface area contributed by atoms with Crippen LogP contribution in [-0.4, -0.2) is 53.2 Å². The number of fused-ring (bicyclic) bond motifs is 2.